The highest BCUT2D eigenvalue weighted by molar-refractivity contribution is 5.76. The molecule has 3 nitrogen and oxygen atoms in total. The summed E-state index contributed by atoms with van der Waals surface area (Å²) in [5.74, 6) is 1.75. The van der Waals surface area contributed by atoms with Gasteiger partial charge >= 0.3 is 0 Å². The number of nitrogens with one attached hydrogen (secondary N) is 1. The van der Waals surface area contributed by atoms with Crippen LogP contribution in [-0.2, 0) is 4.79 Å². The maximum atomic E-state index is 11.9. The van der Waals surface area contributed by atoms with Crippen LogP contribution in [0, 0.1) is 17.3 Å². The Morgan fingerprint density at radius 3 is 2.18 bits per heavy atom. The fourth-order valence-electron chi connectivity index (χ4n) is 3.54. The van der Waals surface area contributed by atoms with Gasteiger partial charge in [0.2, 0.25) is 5.91 Å². The molecular formula is C14H26N2O. The van der Waals surface area contributed by atoms with Gasteiger partial charge in [0.05, 0.1) is 0 Å². The summed E-state index contributed by atoms with van der Waals surface area (Å²) in [4.78, 5) is 11.9. The summed E-state index contributed by atoms with van der Waals surface area (Å²) in [5, 5.41) is 3.20. The van der Waals surface area contributed by atoms with E-state index in [1.54, 1.807) is 0 Å². The van der Waals surface area contributed by atoms with E-state index in [-0.39, 0.29) is 11.3 Å². The lowest BCUT2D eigenvalue weighted by molar-refractivity contribution is -0.123. The lowest BCUT2D eigenvalue weighted by Gasteiger charge is -2.20. The van der Waals surface area contributed by atoms with Crippen LogP contribution in [0.5, 0.6) is 0 Å². The molecule has 0 saturated heterocycles. The molecule has 1 amide bonds. The highest BCUT2D eigenvalue weighted by Gasteiger charge is 2.40. The average Bonchev–Trinajstić information content (AvgIpc) is 2.56. The number of amides is 1. The molecule has 0 aromatic heterocycles. The molecule has 2 fully saturated rings. The van der Waals surface area contributed by atoms with Crippen LogP contribution < -0.4 is 11.1 Å². The zero-order valence-corrected chi connectivity index (χ0v) is 11.3. The van der Waals surface area contributed by atoms with Gasteiger partial charge in [-0.3, -0.25) is 4.79 Å². The first-order valence-corrected chi connectivity index (χ1v) is 6.88. The van der Waals surface area contributed by atoms with Gasteiger partial charge in [0.25, 0.3) is 0 Å². The third kappa shape index (κ3) is 3.44. The van der Waals surface area contributed by atoms with Crippen LogP contribution in [0.2, 0.25) is 0 Å². The average molecular weight is 238 g/mol. The molecule has 0 aromatic rings. The minimum absolute atomic E-state index is 0.0842. The zero-order valence-electron chi connectivity index (χ0n) is 11.3. The van der Waals surface area contributed by atoms with Crippen LogP contribution in [0.1, 0.15) is 52.9 Å². The van der Waals surface area contributed by atoms with Gasteiger partial charge in [0.15, 0.2) is 0 Å². The van der Waals surface area contributed by atoms with Crippen molar-refractivity contribution in [3.05, 3.63) is 0 Å². The second kappa shape index (κ2) is 4.60. The Morgan fingerprint density at radius 2 is 1.71 bits per heavy atom. The van der Waals surface area contributed by atoms with E-state index >= 15 is 0 Å². The Labute approximate surface area is 105 Å². The fourth-order valence-corrected chi connectivity index (χ4v) is 3.54. The Balaban J connectivity index is 1.77. The van der Waals surface area contributed by atoms with Crippen molar-refractivity contribution >= 4 is 5.91 Å². The Bertz CT molecular complexity index is 281. The molecule has 17 heavy (non-hydrogen) atoms. The minimum atomic E-state index is 0.0842. The lowest BCUT2D eigenvalue weighted by atomic mass is 9.92. The number of hydrogen-bond acceptors (Lipinski definition) is 2. The maximum absolute atomic E-state index is 11.9. The van der Waals surface area contributed by atoms with Gasteiger partial charge in [-0.2, -0.15) is 0 Å². The van der Waals surface area contributed by atoms with Crippen molar-refractivity contribution in [3.8, 4) is 0 Å². The molecule has 2 aliphatic carbocycles. The van der Waals surface area contributed by atoms with Gasteiger partial charge < -0.3 is 11.1 Å². The first kappa shape index (κ1) is 12.9. The van der Waals surface area contributed by atoms with Gasteiger partial charge in [0, 0.05) is 18.5 Å². The quantitative estimate of drug-likeness (QED) is 0.773. The van der Waals surface area contributed by atoms with E-state index in [9.17, 15) is 4.79 Å². The number of rotatable bonds is 2. The second-order valence-electron chi connectivity index (χ2n) is 7.22. The van der Waals surface area contributed by atoms with Crippen LogP contribution in [0.4, 0.5) is 0 Å². The van der Waals surface area contributed by atoms with E-state index in [1.807, 2.05) is 0 Å². The van der Waals surface area contributed by atoms with Gasteiger partial charge in [0.1, 0.15) is 0 Å². The predicted octanol–water partition coefficient (Wildman–Crippen LogP) is 2.05. The van der Waals surface area contributed by atoms with Gasteiger partial charge in [-0.1, -0.05) is 20.8 Å². The van der Waals surface area contributed by atoms with Crippen LogP contribution >= 0.6 is 0 Å². The highest BCUT2D eigenvalue weighted by Crippen LogP contribution is 2.43. The summed E-state index contributed by atoms with van der Waals surface area (Å²) in [6, 6.07) is 0.823. The molecule has 0 heterocycles. The minimum Gasteiger partial charge on any atom is -0.353 e. The number of fused-ring (bicyclic) bond motifs is 1. The van der Waals surface area contributed by atoms with Crippen molar-refractivity contribution in [2.75, 3.05) is 0 Å². The van der Waals surface area contributed by atoms with Crippen molar-refractivity contribution in [2.45, 2.75) is 65.0 Å². The molecule has 2 unspecified atom stereocenters. The number of hydrogen-bond donors (Lipinski definition) is 2. The summed E-state index contributed by atoms with van der Waals surface area (Å²) in [5.41, 5.74) is 6.05. The largest absolute Gasteiger partial charge is 0.353 e. The molecule has 0 aromatic carbocycles. The number of carbonyl (C=O) groups excluding carboxylic acids is 1. The monoisotopic (exact) mass is 238 g/mol. The van der Waals surface area contributed by atoms with Gasteiger partial charge in [-0.25, -0.2) is 0 Å². The number of carbonyl (C=O) groups is 1. The van der Waals surface area contributed by atoms with Crippen molar-refractivity contribution < 1.29 is 4.79 Å². The molecule has 98 valence electrons. The van der Waals surface area contributed by atoms with Crippen LogP contribution in [0.3, 0.4) is 0 Å². The molecule has 3 N–H and O–H groups in total. The molecule has 2 aliphatic rings. The SMILES string of the molecule is CC(C)(C)CC(=O)NC1CC2CC(N)CC2C1. The topological polar surface area (TPSA) is 55.1 Å². The molecule has 2 atom stereocenters. The predicted molar refractivity (Wildman–Crippen MR) is 69.4 cm³/mol. The van der Waals surface area contributed by atoms with Crippen molar-refractivity contribution in [1.29, 1.82) is 0 Å². The normalized spacial score (nSPS) is 36.9. The van der Waals surface area contributed by atoms with E-state index in [2.05, 4.69) is 26.1 Å². The summed E-state index contributed by atoms with van der Waals surface area (Å²) >= 11 is 0. The van der Waals surface area contributed by atoms with E-state index in [4.69, 9.17) is 5.73 Å². The first-order valence-electron chi connectivity index (χ1n) is 6.88. The Kier molecular flexibility index (Phi) is 3.48. The van der Waals surface area contributed by atoms with E-state index in [1.165, 1.54) is 0 Å². The van der Waals surface area contributed by atoms with Crippen molar-refractivity contribution in [1.82, 2.24) is 5.32 Å². The zero-order chi connectivity index (χ0) is 12.6. The highest BCUT2D eigenvalue weighted by atomic mass is 16.1. The van der Waals surface area contributed by atoms with Crippen molar-refractivity contribution in [2.24, 2.45) is 23.0 Å². The molecular weight excluding hydrogens is 212 g/mol. The van der Waals surface area contributed by atoms with E-state index in [0.29, 0.717) is 18.5 Å². The first-order chi connectivity index (χ1) is 7.83. The molecule has 2 saturated carbocycles. The van der Waals surface area contributed by atoms with Crippen LogP contribution in [0.15, 0.2) is 0 Å². The van der Waals surface area contributed by atoms with Crippen LogP contribution in [-0.4, -0.2) is 18.0 Å². The third-order valence-electron chi connectivity index (χ3n) is 4.11. The molecule has 0 aliphatic heterocycles. The van der Waals surface area contributed by atoms with Crippen molar-refractivity contribution in [3.63, 3.8) is 0 Å². The summed E-state index contributed by atoms with van der Waals surface area (Å²) in [7, 11) is 0. The Hall–Kier alpha value is -0.570. The van der Waals surface area contributed by atoms with Gasteiger partial charge in [-0.05, 0) is 42.9 Å². The van der Waals surface area contributed by atoms with Gasteiger partial charge in [-0.15, -0.1) is 0 Å². The van der Waals surface area contributed by atoms with E-state index < -0.39 is 0 Å². The third-order valence-corrected chi connectivity index (χ3v) is 4.11. The summed E-state index contributed by atoms with van der Waals surface area (Å²) in [6.07, 6.45) is 5.24. The molecule has 2 rings (SSSR count). The molecule has 0 bridgehead atoms. The van der Waals surface area contributed by atoms with E-state index in [0.717, 1.165) is 37.5 Å². The second-order valence-corrected chi connectivity index (χ2v) is 7.22. The smallest absolute Gasteiger partial charge is 0.220 e. The summed E-state index contributed by atoms with van der Waals surface area (Å²) < 4.78 is 0. The maximum Gasteiger partial charge on any atom is 0.220 e. The lowest BCUT2D eigenvalue weighted by Crippen LogP contribution is -2.35. The molecule has 0 radical (unpaired) electrons. The molecule has 0 spiro atoms. The van der Waals surface area contributed by atoms with Crippen LogP contribution in [0.25, 0.3) is 0 Å². The molecule has 3 heteroatoms. The summed E-state index contributed by atoms with van der Waals surface area (Å²) in [6.45, 7) is 6.32. The fraction of sp³-hybridized carbons (Fsp3) is 0.929. The Morgan fingerprint density at radius 1 is 1.18 bits per heavy atom. The standard InChI is InChI=1S/C14H26N2O/c1-14(2,3)8-13(17)16-12-6-9-4-11(15)5-10(9)7-12/h9-12H,4-8,15H2,1-3H3,(H,16,17). The number of nitrogens with two attached hydrogens (primary N) is 1.